The molecule has 1 saturated heterocycles. The smallest absolute Gasteiger partial charge is 0.149 e. The van der Waals surface area contributed by atoms with Crippen LogP contribution in [0.25, 0.3) is 0 Å². The van der Waals surface area contributed by atoms with Crippen molar-refractivity contribution in [3.63, 3.8) is 0 Å². The van der Waals surface area contributed by atoms with Gasteiger partial charge in [0, 0.05) is 31.2 Å². The molecule has 106 valence electrons. The van der Waals surface area contributed by atoms with Crippen molar-refractivity contribution in [2.75, 3.05) is 24.5 Å². The van der Waals surface area contributed by atoms with Crippen LogP contribution in [0.2, 0.25) is 0 Å². The average molecular weight is 333 g/mol. The highest BCUT2D eigenvalue weighted by molar-refractivity contribution is 9.10. The zero-order valence-electron chi connectivity index (χ0n) is 11.3. The van der Waals surface area contributed by atoms with Gasteiger partial charge < -0.3 is 10.2 Å². The lowest BCUT2D eigenvalue weighted by molar-refractivity contribution is 0.276. The Kier molecular flexibility index (Phi) is 4.46. The molecule has 0 aliphatic carbocycles. The lowest BCUT2D eigenvalue weighted by Gasteiger charge is -2.44. The SMILES string of the molecule is CCC1(CC)CN(c2cc(Br)c(F)cc2F)CCN1. The molecule has 0 spiro atoms. The maximum absolute atomic E-state index is 14.0. The molecule has 0 bridgehead atoms. The molecule has 5 heteroatoms. The van der Waals surface area contributed by atoms with E-state index in [9.17, 15) is 8.78 Å². The molecule has 1 aromatic rings. The summed E-state index contributed by atoms with van der Waals surface area (Å²) >= 11 is 3.13. The first-order valence-electron chi connectivity index (χ1n) is 6.66. The van der Waals surface area contributed by atoms with Crippen molar-refractivity contribution >= 4 is 21.6 Å². The van der Waals surface area contributed by atoms with Gasteiger partial charge in [-0.05, 0) is 34.8 Å². The van der Waals surface area contributed by atoms with Crippen LogP contribution in [-0.4, -0.2) is 25.2 Å². The number of benzene rings is 1. The van der Waals surface area contributed by atoms with Crippen LogP contribution in [0.15, 0.2) is 16.6 Å². The summed E-state index contributed by atoms with van der Waals surface area (Å²) in [4.78, 5) is 2.00. The Morgan fingerprint density at radius 1 is 1.26 bits per heavy atom. The van der Waals surface area contributed by atoms with Gasteiger partial charge in [-0.2, -0.15) is 0 Å². The number of rotatable bonds is 3. The molecule has 0 unspecified atom stereocenters. The summed E-state index contributed by atoms with van der Waals surface area (Å²) in [7, 11) is 0. The fraction of sp³-hybridized carbons (Fsp3) is 0.571. The number of nitrogens with one attached hydrogen (secondary N) is 1. The van der Waals surface area contributed by atoms with Crippen LogP contribution in [-0.2, 0) is 0 Å². The van der Waals surface area contributed by atoms with Crippen molar-refractivity contribution in [1.29, 1.82) is 0 Å². The van der Waals surface area contributed by atoms with Crippen LogP contribution >= 0.6 is 15.9 Å². The van der Waals surface area contributed by atoms with E-state index in [1.54, 1.807) is 0 Å². The maximum atomic E-state index is 14.0. The summed E-state index contributed by atoms with van der Waals surface area (Å²) < 4.78 is 27.6. The van der Waals surface area contributed by atoms with E-state index in [2.05, 4.69) is 35.1 Å². The van der Waals surface area contributed by atoms with Gasteiger partial charge in [0.25, 0.3) is 0 Å². The zero-order valence-corrected chi connectivity index (χ0v) is 12.9. The Morgan fingerprint density at radius 3 is 2.58 bits per heavy atom. The highest BCUT2D eigenvalue weighted by Crippen LogP contribution is 2.30. The lowest BCUT2D eigenvalue weighted by Crippen LogP contribution is -2.60. The van der Waals surface area contributed by atoms with E-state index in [-0.39, 0.29) is 5.54 Å². The van der Waals surface area contributed by atoms with Gasteiger partial charge in [0.1, 0.15) is 11.6 Å². The number of halogens is 3. The zero-order chi connectivity index (χ0) is 14.0. The summed E-state index contributed by atoms with van der Waals surface area (Å²) in [5.74, 6) is -1.06. The summed E-state index contributed by atoms with van der Waals surface area (Å²) in [6.45, 7) is 6.57. The molecule has 1 aromatic carbocycles. The van der Waals surface area contributed by atoms with Gasteiger partial charge in [-0.1, -0.05) is 13.8 Å². The van der Waals surface area contributed by atoms with E-state index >= 15 is 0 Å². The molecule has 0 amide bonds. The number of anilines is 1. The van der Waals surface area contributed by atoms with E-state index in [0.29, 0.717) is 10.2 Å². The van der Waals surface area contributed by atoms with Gasteiger partial charge in [-0.25, -0.2) is 8.78 Å². The molecule has 1 aliphatic rings. The molecule has 1 heterocycles. The third-order valence-corrected chi connectivity index (χ3v) is 4.67. The Morgan fingerprint density at radius 2 is 1.95 bits per heavy atom. The Hall–Kier alpha value is -0.680. The van der Waals surface area contributed by atoms with E-state index in [1.165, 1.54) is 6.07 Å². The minimum absolute atomic E-state index is 0.0194. The Bertz CT molecular complexity index is 461. The number of nitrogens with zero attached hydrogens (tertiary/aromatic N) is 1. The molecule has 2 nitrogen and oxygen atoms in total. The largest absolute Gasteiger partial charge is 0.366 e. The quantitative estimate of drug-likeness (QED) is 0.849. The number of piperazine rings is 1. The topological polar surface area (TPSA) is 15.3 Å². The predicted molar refractivity (Wildman–Crippen MR) is 77.6 cm³/mol. The van der Waals surface area contributed by atoms with E-state index in [1.807, 2.05) is 4.90 Å². The van der Waals surface area contributed by atoms with E-state index in [4.69, 9.17) is 0 Å². The molecule has 0 saturated carbocycles. The molecular weight excluding hydrogens is 314 g/mol. The summed E-state index contributed by atoms with van der Waals surface area (Å²) in [6, 6.07) is 2.48. The van der Waals surface area contributed by atoms with Crippen LogP contribution < -0.4 is 10.2 Å². The lowest BCUT2D eigenvalue weighted by atomic mass is 9.90. The van der Waals surface area contributed by atoms with Crippen LogP contribution in [0.5, 0.6) is 0 Å². The minimum atomic E-state index is -0.561. The Labute approximate surface area is 121 Å². The van der Waals surface area contributed by atoms with Crippen molar-refractivity contribution in [2.24, 2.45) is 0 Å². The van der Waals surface area contributed by atoms with Gasteiger partial charge in [0.05, 0.1) is 10.2 Å². The molecule has 19 heavy (non-hydrogen) atoms. The first-order valence-corrected chi connectivity index (χ1v) is 7.45. The second-order valence-corrected chi connectivity index (χ2v) is 5.91. The van der Waals surface area contributed by atoms with Crippen LogP contribution in [0.1, 0.15) is 26.7 Å². The van der Waals surface area contributed by atoms with Crippen molar-refractivity contribution in [1.82, 2.24) is 5.32 Å². The highest BCUT2D eigenvalue weighted by Gasteiger charge is 2.32. The maximum Gasteiger partial charge on any atom is 0.149 e. The van der Waals surface area contributed by atoms with Crippen molar-refractivity contribution in [2.45, 2.75) is 32.2 Å². The molecule has 0 atom stereocenters. The number of hydrogen-bond donors (Lipinski definition) is 1. The van der Waals surface area contributed by atoms with E-state index < -0.39 is 11.6 Å². The summed E-state index contributed by atoms with van der Waals surface area (Å²) in [5, 5.41) is 3.53. The number of hydrogen-bond acceptors (Lipinski definition) is 2. The van der Waals surface area contributed by atoms with Crippen molar-refractivity contribution in [3.05, 3.63) is 28.2 Å². The second-order valence-electron chi connectivity index (χ2n) is 5.05. The van der Waals surface area contributed by atoms with Gasteiger partial charge >= 0.3 is 0 Å². The molecular formula is C14H19BrF2N2. The normalized spacial score (nSPS) is 18.7. The molecule has 0 radical (unpaired) electrons. The molecule has 1 N–H and O–H groups in total. The van der Waals surface area contributed by atoms with E-state index in [0.717, 1.165) is 38.5 Å². The van der Waals surface area contributed by atoms with Crippen molar-refractivity contribution < 1.29 is 8.78 Å². The van der Waals surface area contributed by atoms with Crippen LogP contribution in [0.4, 0.5) is 14.5 Å². The molecule has 2 rings (SSSR count). The summed E-state index contributed by atoms with van der Waals surface area (Å²) in [6.07, 6.45) is 1.98. The average Bonchev–Trinajstić information content (AvgIpc) is 2.43. The van der Waals surface area contributed by atoms with Gasteiger partial charge in [0.2, 0.25) is 0 Å². The monoisotopic (exact) mass is 332 g/mol. The highest BCUT2D eigenvalue weighted by atomic mass is 79.9. The van der Waals surface area contributed by atoms with Crippen molar-refractivity contribution in [3.8, 4) is 0 Å². The fourth-order valence-corrected chi connectivity index (χ4v) is 2.97. The third kappa shape index (κ3) is 2.92. The van der Waals surface area contributed by atoms with Crippen LogP contribution in [0, 0.1) is 11.6 Å². The third-order valence-electron chi connectivity index (χ3n) is 4.06. The molecule has 0 aromatic heterocycles. The van der Waals surface area contributed by atoms with Gasteiger partial charge in [0.15, 0.2) is 0 Å². The molecule has 1 aliphatic heterocycles. The Balaban J connectivity index is 2.29. The standard InChI is InChI=1S/C14H19BrF2N2/c1-3-14(4-2)9-19(6-5-18-14)13-7-10(15)11(16)8-12(13)17/h7-8,18H,3-6,9H2,1-2H3. The summed E-state index contributed by atoms with van der Waals surface area (Å²) in [5.41, 5.74) is 0.493. The van der Waals surface area contributed by atoms with Crippen LogP contribution in [0.3, 0.4) is 0 Å². The van der Waals surface area contributed by atoms with Gasteiger partial charge in [-0.15, -0.1) is 0 Å². The van der Waals surface area contributed by atoms with Gasteiger partial charge in [-0.3, -0.25) is 0 Å². The first-order chi connectivity index (χ1) is 9.01. The molecule has 1 fully saturated rings. The minimum Gasteiger partial charge on any atom is -0.366 e. The second kappa shape index (κ2) is 5.75. The first kappa shape index (κ1) is 14.7. The predicted octanol–water partition coefficient (Wildman–Crippen LogP) is 3.70. The fourth-order valence-electron chi connectivity index (χ4n) is 2.64.